The lowest BCUT2D eigenvalue weighted by Crippen LogP contribution is -2.44. The maximum atomic E-state index is 10.5. The Morgan fingerprint density at radius 3 is 2.52 bits per heavy atom. The summed E-state index contributed by atoms with van der Waals surface area (Å²) in [4.78, 5) is 5.06. The molecule has 136 valence electrons. The number of piperidine rings is 2. The smallest absolute Gasteiger partial charge is 0.0991 e. The van der Waals surface area contributed by atoms with Crippen LogP contribution in [0, 0.1) is 23.2 Å². The van der Waals surface area contributed by atoms with Gasteiger partial charge in [-0.25, -0.2) is 0 Å². The molecule has 1 aromatic rings. The van der Waals surface area contributed by atoms with Gasteiger partial charge in [0, 0.05) is 19.6 Å². The van der Waals surface area contributed by atoms with E-state index >= 15 is 0 Å². The topological polar surface area (TPSA) is 50.5 Å². The number of nitrogens with zero attached hydrogens (tertiary/aromatic N) is 3. The Kier molecular flexibility index (Phi) is 6.47. The number of likely N-dealkylation sites (tertiary alicyclic amines) is 2. The first kappa shape index (κ1) is 18.4. The summed E-state index contributed by atoms with van der Waals surface area (Å²) in [6.45, 7) is 8.97. The molecule has 2 saturated heterocycles. The van der Waals surface area contributed by atoms with Gasteiger partial charge in [0.1, 0.15) is 0 Å². The van der Waals surface area contributed by atoms with E-state index in [9.17, 15) is 5.11 Å². The number of hydrogen-bond donors (Lipinski definition) is 1. The van der Waals surface area contributed by atoms with E-state index in [1.807, 2.05) is 12.1 Å². The molecule has 3 rings (SSSR count). The van der Waals surface area contributed by atoms with Gasteiger partial charge < -0.3 is 14.9 Å². The van der Waals surface area contributed by atoms with E-state index in [1.165, 1.54) is 45.3 Å². The molecular formula is C21H31N3O. The fourth-order valence-corrected chi connectivity index (χ4v) is 4.21. The van der Waals surface area contributed by atoms with E-state index in [2.05, 4.69) is 22.8 Å². The molecule has 0 amide bonds. The lowest BCUT2D eigenvalue weighted by Gasteiger charge is -2.38. The Bertz CT molecular complexity index is 572. The van der Waals surface area contributed by atoms with Crippen molar-refractivity contribution < 1.29 is 5.11 Å². The van der Waals surface area contributed by atoms with Crippen LogP contribution in [-0.4, -0.2) is 54.2 Å². The molecule has 4 nitrogen and oxygen atoms in total. The van der Waals surface area contributed by atoms with Crippen LogP contribution in [0.2, 0.25) is 0 Å². The van der Waals surface area contributed by atoms with Gasteiger partial charge in [-0.1, -0.05) is 19.1 Å². The minimum atomic E-state index is -0.470. The van der Waals surface area contributed by atoms with E-state index in [0.717, 1.165) is 30.5 Å². The highest BCUT2D eigenvalue weighted by molar-refractivity contribution is 5.32. The summed E-state index contributed by atoms with van der Waals surface area (Å²) in [6, 6.07) is 9.45. The van der Waals surface area contributed by atoms with Crippen LogP contribution in [0.4, 0.5) is 0 Å². The van der Waals surface area contributed by atoms with Crippen molar-refractivity contribution >= 4 is 0 Å². The maximum Gasteiger partial charge on any atom is 0.0991 e. The largest absolute Gasteiger partial charge is 0.387 e. The zero-order valence-corrected chi connectivity index (χ0v) is 15.4. The number of benzene rings is 1. The number of nitriles is 1. The molecule has 0 radical (unpaired) electrons. The van der Waals surface area contributed by atoms with Gasteiger partial charge in [-0.2, -0.15) is 5.26 Å². The highest BCUT2D eigenvalue weighted by atomic mass is 16.3. The zero-order valence-electron chi connectivity index (χ0n) is 15.4. The molecule has 0 aromatic heterocycles. The third-order valence-corrected chi connectivity index (χ3v) is 5.85. The van der Waals surface area contributed by atoms with Gasteiger partial charge in [0.25, 0.3) is 0 Å². The van der Waals surface area contributed by atoms with E-state index < -0.39 is 6.10 Å². The van der Waals surface area contributed by atoms with Crippen LogP contribution in [0.5, 0.6) is 0 Å². The maximum absolute atomic E-state index is 10.5. The molecule has 0 aliphatic carbocycles. The Balaban J connectivity index is 1.48. The van der Waals surface area contributed by atoms with Crippen molar-refractivity contribution in [3.8, 4) is 6.07 Å². The molecule has 1 aromatic carbocycles. The molecule has 1 N–H and O–H groups in total. The van der Waals surface area contributed by atoms with Crippen LogP contribution in [0.1, 0.15) is 49.8 Å². The fraction of sp³-hybridized carbons (Fsp3) is 0.667. The lowest BCUT2D eigenvalue weighted by atomic mass is 9.94. The van der Waals surface area contributed by atoms with Gasteiger partial charge in [-0.3, -0.25) is 0 Å². The van der Waals surface area contributed by atoms with Crippen LogP contribution in [0.25, 0.3) is 0 Å². The summed E-state index contributed by atoms with van der Waals surface area (Å²) in [6.07, 6.45) is 4.76. The minimum Gasteiger partial charge on any atom is -0.387 e. The molecular weight excluding hydrogens is 310 g/mol. The number of β-amino-alcohol motifs (C(OH)–C–C–N with tert-alkyl or cyclic N) is 1. The van der Waals surface area contributed by atoms with E-state index in [1.54, 1.807) is 12.1 Å². The average molecular weight is 341 g/mol. The Labute approximate surface area is 152 Å². The first-order valence-corrected chi connectivity index (χ1v) is 9.77. The molecule has 25 heavy (non-hydrogen) atoms. The van der Waals surface area contributed by atoms with Crippen molar-refractivity contribution in [2.75, 3.05) is 39.3 Å². The van der Waals surface area contributed by atoms with Gasteiger partial charge in [-0.15, -0.1) is 0 Å². The van der Waals surface area contributed by atoms with Crippen molar-refractivity contribution in [2.45, 2.75) is 38.7 Å². The second-order valence-corrected chi connectivity index (χ2v) is 8.00. The predicted molar refractivity (Wildman–Crippen MR) is 100 cm³/mol. The van der Waals surface area contributed by atoms with Crippen LogP contribution < -0.4 is 0 Å². The van der Waals surface area contributed by atoms with Crippen molar-refractivity contribution in [3.05, 3.63) is 35.4 Å². The van der Waals surface area contributed by atoms with E-state index in [4.69, 9.17) is 5.26 Å². The van der Waals surface area contributed by atoms with Gasteiger partial charge in [0.15, 0.2) is 0 Å². The second-order valence-electron chi connectivity index (χ2n) is 8.00. The lowest BCUT2D eigenvalue weighted by molar-refractivity contribution is 0.0682. The molecule has 2 unspecified atom stereocenters. The number of aliphatic hydroxyl groups excluding tert-OH is 1. The summed E-state index contributed by atoms with van der Waals surface area (Å²) >= 11 is 0. The van der Waals surface area contributed by atoms with Crippen molar-refractivity contribution in [3.63, 3.8) is 0 Å². The summed E-state index contributed by atoms with van der Waals surface area (Å²) in [7, 11) is 0. The Hall–Kier alpha value is -1.41. The standard InChI is InChI=1S/C21H31N3O/c1-17-8-11-23(12-9-17)14-19-3-2-10-24(15-19)16-21(25)20-6-4-18(13-22)5-7-20/h4-7,17,19,21,25H,2-3,8-12,14-16H2,1H3. The fourth-order valence-electron chi connectivity index (χ4n) is 4.21. The molecule has 2 aliphatic heterocycles. The SMILES string of the molecule is CC1CCN(CC2CCCN(CC(O)c3ccc(C#N)cc3)C2)CC1. The first-order valence-electron chi connectivity index (χ1n) is 9.77. The number of aliphatic hydroxyl groups is 1. The van der Waals surface area contributed by atoms with Crippen LogP contribution in [-0.2, 0) is 0 Å². The van der Waals surface area contributed by atoms with Crippen LogP contribution in [0.15, 0.2) is 24.3 Å². The minimum absolute atomic E-state index is 0.470. The van der Waals surface area contributed by atoms with E-state index in [0.29, 0.717) is 12.1 Å². The zero-order chi connectivity index (χ0) is 17.6. The van der Waals surface area contributed by atoms with Gasteiger partial charge in [-0.05, 0) is 74.8 Å². The third-order valence-electron chi connectivity index (χ3n) is 5.85. The average Bonchev–Trinajstić information content (AvgIpc) is 2.64. The molecule has 4 heteroatoms. The Morgan fingerprint density at radius 1 is 1.12 bits per heavy atom. The van der Waals surface area contributed by atoms with Crippen molar-refractivity contribution in [1.82, 2.24) is 9.80 Å². The third kappa shape index (κ3) is 5.28. The van der Waals surface area contributed by atoms with Crippen molar-refractivity contribution in [2.24, 2.45) is 11.8 Å². The molecule has 2 aliphatic rings. The summed E-state index contributed by atoms with van der Waals surface area (Å²) in [5.74, 6) is 1.62. The molecule has 0 bridgehead atoms. The summed E-state index contributed by atoms with van der Waals surface area (Å²) < 4.78 is 0. The van der Waals surface area contributed by atoms with Gasteiger partial charge in [0.05, 0.1) is 17.7 Å². The monoisotopic (exact) mass is 341 g/mol. The normalized spacial score (nSPS) is 24.8. The van der Waals surface area contributed by atoms with Crippen LogP contribution >= 0.6 is 0 Å². The Morgan fingerprint density at radius 2 is 1.84 bits per heavy atom. The molecule has 0 saturated carbocycles. The molecule has 2 fully saturated rings. The molecule has 0 spiro atoms. The highest BCUT2D eigenvalue weighted by Gasteiger charge is 2.25. The highest BCUT2D eigenvalue weighted by Crippen LogP contribution is 2.23. The van der Waals surface area contributed by atoms with Crippen LogP contribution in [0.3, 0.4) is 0 Å². The number of hydrogen-bond acceptors (Lipinski definition) is 4. The first-order chi connectivity index (χ1) is 12.1. The molecule has 2 heterocycles. The second kappa shape index (κ2) is 8.80. The predicted octanol–water partition coefficient (Wildman–Crippen LogP) is 3.04. The van der Waals surface area contributed by atoms with Gasteiger partial charge >= 0.3 is 0 Å². The van der Waals surface area contributed by atoms with Crippen molar-refractivity contribution in [1.29, 1.82) is 5.26 Å². The summed E-state index contributed by atoms with van der Waals surface area (Å²) in [5.41, 5.74) is 1.55. The summed E-state index contributed by atoms with van der Waals surface area (Å²) in [5, 5.41) is 19.4. The number of rotatable bonds is 5. The van der Waals surface area contributed by atoms with Gasteiger partial charge in [0.2, 0.25) is 0 Å². The molecule has 2 atom stereocenters. The quantitative estimate of drug-likeness (QED) is 0.894. The van der Waals surface area contributed by atoms with E-state index in [-0.39, 0.29) is 0 Å².